The van der Waals surface area contributed by atoms with E-state index in [2.05, 4.69) is 17.2 Å². The molecule has 212 valence electrons. The summed E-state index contributed by atoms with van der Waals surface area (Å²) in [6.07, 6.45) is 1.78. The number of benzene rings is 2. The lowest BCUT2D eigenvalue weighted by molar-refractivity contribution is -0.189. The Bertz CT molecular complexity index is 1220. The molecule has 2 aliphatic heterocycles. The van der Waals surface area contributed by atoms with Crippen molar-refractivity contribution < 1.29 is 24.3 Å². The lowest BCUT2D eigenvalue weighted by Crippen LogP contribution is -2.76. The van der Waals surface area contributed by atoms with Gasteiger partial charge in [-0.15, -0.1) is 6.58 Å². The van der Waals surface area contributed by atoms with Crippen LogP contribution in [0.5, 0.6) is 5.75 Å². The number of piperazine rings is 1. The molecule has 2 aliphatic rings. The van der Waals surface area contributed by atoms with Gasteiger partial charge in [-0.3, -0.25) is 14.4 Å². The van der Waals surface area contributed by atoms with Crippen molar-refractivity contribution in [2.75, 3.05) is 33.2 Å². The number of fused-ring (bicyclic) bond motifs is 1. The van der Waals surface area contributed by atoms with Gasteiger partial charge >= 0.3 is 6.03 Å². The number of urea groups is 1. The molecule has 2 saturated heterocycles. The summed E-state index contributed by atoms with van der Waals surface area (Å²) in [5, 5.41) is 18.4. The van der Waals surface area contributed by atoms with Crippen molar-refractivity contribution in [1.82, 2.24) is 30.5 Å². The largest absolute Gasteiger partial charge is 0.508 e. The van der Waals surface area contributed by atoms with Crippen molar-refractivity contribution in [1.29, 1.82) is 0 Å². The highest BCUT2D eigenvalue weighted by Crippen LogP contribution is 2.29. The molecule has 2 fully saturated rings. The quantitative estimate of drug-likeness (QED) is 0.386. The third-order valence-corrected chi connectivity index (χ3v) is 7.14. The summed E-state index contributed by atoms with van der Waals surface area (Å²) in [6, 6.07) is 14.8. The zero-order chi connectivity index (χ0) is 28.6. The SMILES string of the molecule is C=CCN1CC(=O)N2C(CN(CCCC(=O)NC)C(=O)[C@@H]2Cc2ccc(O)cc2)N1C(=O)NCc1ccccc1. The third-order valence-electron chi connectivity index (χ3n) is 7.14. The smallest absolute Gasteiger partial charge is 0.334 e. The Morgan fingerprint density at radius 3 is 2.48 bits per heavy atom. The fourth-order valence-electron chi connectivity index (χ4n) is 5.17. The van der Waals surface area contributed by atoms with Crippen molar-refractivity contribution >= 4 is 23.8 Å². The summed E-state index contributed by atoms with van der Waals surface area (Å²) >= 11 is 0. The molecular weight excluding hydrogens is 512 g/mol. The number of carbonyl (C=O) groups excluding carboxylic acids is 4. The van der Waals surface area contributed by atoms with Crippen LogP contribution < -0.4 is 10.6 Å². The number of amides is 5. The van der Waals surface area contributed by atoms with Crippen LogP contribution in [0.1, 0.15) is 24.0 Å². The topological polar surface area (TPSA) is 126 Å². The molecular formula is C29H36N6O5. The second-order valence-corrected chi connectivity index (χ2v) is 9.85. The van der Waals surface area contributed by atoms with Gasteiger partial charge in [0.1, 0.15) is 18.0 Å². The molecule has 1 unspecified atom stereocenters. The van der Waals surface area contributed by atoms with Gasteiger partial charge in [-0.05, 0) is 29.7 Å². The van der Waals surface area contributed by atoms with Crippen molar-refractivity contribution in [3.05, 3.63) is 78.4 Å². The van der Waals surface area contributed by atoms with E-state index in [1.54, 1.807) is 35.2 Å². The number of hydrazine groups is 1. The molecule has 5 amide bonds. The molecule has 2 aromatic rings. The summed E-state index contributed by atoms with van der Waals surface area (Å²) < 4.78 is 0. The van der Waals surface area contributed by atoms with Crippen molar-refractivity contribution in [2.45, 2.75) is 38.0 Å². The van der Waals surface area contributed by atoms with Crippen LogP contribution in [0.15, 0.2) is 67.3 Å². The van der Waals surface area contributed by atoms with Crippen LogP contribution in [0, 0.1) is 0 Å². The van der Waals surface area contributed by atoms with Crippen molar-refractivity contribution in [2.24, 2.45) is 0 Å². The van der Waals surface area contributed by atoms with Crippen LogP contribution in [0.4, 0.5) is 4.79 Å². The predicted molar refractivity (Wildman–Crippen MR) is 148 cm³/mol. The monoisotopic (exact) mass is 548 g/mol. The van der Waals surface area contributed by atoms with Gasteiger partial charge in [0.2, 0.25) is 17.7 Å². The Labute approximate surface area is 234 Å². The molecule has 11 heteroatoms. The second kappa shape index (κ2) is 13.1. The number of phenols is 1. The van der Waals surface area contributed by atoms with Crippen LogP contribution in [0.25, 0.3) is 0 Å². The first-order valence-electron chi connectivity index (χ1n) is 13.4. The maximum absolute atomic E-state index is 13.8. The minimum Gasteiger partial charge on any atom is -0.508 e. The van der Waals surface area contributed by atoms with Gasteiger partial charge in [-0.25, -0.2) is 14.8 Å². The molecule has 0 saturated carbocycles. The first kappa shape index (κ1) is 28.6. The molecule has 0 radical (unpaired) electrons. The number of aromatic hydroxyl groups is 1. The molecule has 11 nitrogen and oxygen atoms in total. The van der Waals surface area contributed by atoms with Crippen LogP contribution in [0.3, 0.4) is 0 Å². The van der Waals surface area contributed by atoms with Crippen molar-refractivity contribution in [3.8, 4) is 5.75 Å². The van der Waals surface area contributed by atoms with E-state index in [1.807, 2.05) is 30.3 Å². The Balaban J connectivity index is 1.64. The minimum absolute atomic E-state index is 0.0860. The summed E-state index contributed by atoms with van der Waals surface area (Å²) in [5.74, 6) is -0.529. The highest BCUT2D eigenvalue weighted by Gasteiger charge is 2.51. The minimum atomic E-state index is -0.855. The summed E-state index contributed by atoms with van der Waals surface area (Å²) in [7, 11) is 1.56. The van der Waals surface area contributed by atoms with E-state index in [9.17, 15) is 24.3 Å². The predicted octanol–water partition coefficient (Wildman–Crippen LogP) is 1.45. The average Bonchev–Trinajstić information content (AvgIpc) is 2.95. The highest BCUT2D eigenvalue weighted by molar-refractivity contribution is 5.91. The maximum atomic E-state index is 13.8. The Hall–Kier alpha value is -4.38. The van der Waals surface area contributed by atoms with E-state index in [1.165, 1.54) is 22.0 Å². The fraction of sp³-hybridized carbons (Fsp3) is 0.379. The third kappa shape index (κ3) is 6.60. The molecule has 0 bridgehead atoms. The number of hydrogen-bond acceptors (Lipinski definition) is 6. The van der Waals surface area contributed by atoms with E-state index >= 15 is 0 Å². The molecule has 2 atom stereocenters. The van der Waals surface area contributed by atoms with Gasteiger partial charge < -0.3 is 25.5 Å². The van der Waals surface area contributed by atoms with Gasteiger partial charge in [0.25, 0.3) is 0 Å². The first-order chi connectivity index (χ1) is 19.3. The standard InChI is InChI=1S/C29H36N6O5/c1-3-15-33-20-27(38)34-24(17-21-11-13-23(36)14-12-21)28(39)32(16-7-10-25(37)30-2)19-26(34)35(33)29(40)31-18-22-8-5-4-6-9-22/h3-6,8-9,11-14,24,26,36H,1,7,10,15-20H2,2H3,(H,30,37)(H,31,40)/t24-,26?/m0/s1. The number of nitrogens with one attached hydrogen (secondary N) is 2. The Morgan fingerprint density at radius 1 is 1.07 bits per heavy atom. The maximum Gasteiger partial charge on any atom is 0.334 e. The zero-order valence-electron chi connectivity index (χ0n) is 22.7. The van der Waals surface area contributed by atoms with Crippen LogP contribution in [0.2, 0.25) is 0 Å². The highest BCUT2D eigenvalue weighted by atomic mass is 16.3. The summed E-state index contributed by atoms with van der Waals surface area (Å²) in [4.78, 5) is 56.0. The van der Waals surface area contributed by atoms with Gasteiger partial charge in [0.15, 0.2) is 0 Å². The molecule has 3 N–H and O–H groups in total. The van der Waals surface area contributed by atoms with Crippen LogP contribution in [-0.2, 0) is 27.3 Å². The number of rotatable bonds is 10. The number of nitrogens with zero attached hydrogens (tertiary/aromatic N) is 4. The van der Waals surface area contributed by atoms with E-state index in [0.717, 1.165) is 11.1 Å². The molecule has 0 aliphatic carbocycles. The van der Waals surface area contributed by atoms with E-state index in [-0.39, 0.29) is 55.9 Å². The number of phenolic OH excluding ortho intramolecular Hbond substituents is 1. The van der Waals surface area contributed by atoms with Crippen LogP contribution in [-0.4, -0.2) is 94.1 Å². The average molecular weight is 549 g/mol. The van der Waals surface area contributed by atoms with Gasteiger partial charge in [0, 0.05) is 39.5 Å². The molecule has 2 heterocycles. The number of carbonyl (C=O) groups is 4. The lowest BCUT2D eigenvalue weighted by atomic mass is 9.98. The van der Waals surface area contributed by atoms with Crippen LogP contribution >= 0.6 is 0 Å². The molecule has 0 aromatic heterocycles. The van der Waals surface area contributed by atoms with E-state index in [4.69, 9.17) is 0 Å². The second-order valence-electron chi connectivity index (χ2n) is 9.85. The molecule has 0 spiro atoms. The molecule has 2 aromatic carbocycles. The van der Waals surface area contributed by atoms with Crippen molar-refractivity contribution in [3.63, 3.8) is 0 Å². The summed E-state index contributed by atoms with van der Waals surface area (Å²) in [5.41, 5.74) is 1.69. The van der Waals surface area contributed by atoms with E-state index in [0.29, 0.717) is 19.5 Å². The number of hydrogen-bond donors (Lipinski definition) is 3. The lowest BCUT2D eigenvalue weighted by Gasteiger charge is -2.55. The molecule has 4 rings (SSSR count). The normalized spacial score (nSPS) is 19.3. The molecule has 40 heavy (non-hydrogen) atoms. The summed E-state index contributed by atoms with van der Waals surface area (Å²) in [6.45, 7) is 4.68. The van der Waals surface area contributed by atoms with Gasteiger partial charge in [0.05, 0.1) is 13.1 Å². The van der Waals surface area contributed by atoms with Gasteiger partial charge in [-0.1, -0.05) is 48.5 Å². The van der Waals surface area contributed by atoms with E-state index < -0.39 is 18.2 Å². The Morgan fingerprint density at radius 2 is 1.80 bits per heavy atom. The first-order valence-corrected chi connectivity index (χ1v) is 13.4. The fourth-order valence-corrected chi connectivity index (χ4v) is 5.17. The zero-order valence-corrected chi connectivity index (χ0v) is 22.7. The Kier molecular flexibility index (Phi) is 9.39. The van der Waals surface area contributed by atoms with Gasteiger partial charge in [-0.2, -0.15) is 0 Å².